The highest BCUT2D eigenvalue weighted by Gasteiger charge is 2.27. The summed E-state index contributed by atoms with van der Waals surface area (Å²) in [6.07, 6.45) is 1.69. The molecule has 3 heterocycles. The van der Waals surface area contributed by atoms with E-state index >= 15 is 0 Å². The predicted molar refractivity (Wildman–Crippen MR) is 142 cm³/mol. The highest BCUT2D eigenvalue weighted by atomic mass is 79.9. The standard InChI is InChI=1S/C19H24N4O6S.C6H4BrF/c1-28-19(27)14-9-21-17(18-20-4-7-30-18)22-15(14)11-23-5-6-29-13(10-23)3-2-12(24)8-16(25)26;7-5-2-1-3-6(8)4-5/h4,7,13H,2-3,5-6,8-11H2,1H3,(H,21,22)(H,25,26);1-4H/t13-;/m1./s1. The van der Waals surface area contributed by atoms with Crippen LogP contribution in [0.25, 0.3) is 0 Å². The maximum atomic E-state index is 12.2. The minimum Gasteiger partial charge on any atom is -0.481 e. The van der Waals surface area contributed by atoms with Gasteiger partial charge in [0.2, 0.25) is 0 Å². The molecule has 2 aromatic rings. The smallest absolute Gasteiger partial charge is 0.337 e. The third-order valence-corrected chi connectivity index (χ3v) is 6.85. The van der Waals surface area contributed by atoms with Crippen molar-refractivity contribution in [3.8, 4) is 0 Å². The number of rotatable bonds is 9. The van der Waals surface area contributed by atoms with Crippen LogP contribution in [-0.2, 0) is 23.9 Å². The van der Waals surface area contributed by atoms with E-state index in [0.717, 1.165) is 9.48 Å². The Bertz CT molecular complexity index is 1170. The fourth-order valence-corrected chi connectivity index (χ4v) is 4.75. The minimum absolute atomic E-state index is 0.167. The number of thiazole rings is 1. The van der Waals surface area contributed by atoms with Gasteiger partial charge in [-0.15, -0.1) is 11.3 Å². The van der Waals surface area contributed by atoms with Gasteiger partial charge in [-0.25, -0.2) is 14.2 Å². The van der Waals surface area contributed by atoms with Crippen molar-refractivity contribution < 1.29 is 33.4 Å². The molecule has 13 heteroatoms. The third-order valence-electron chi connectivity index (χ3n) is 5.58. The van der Waals surface area contributed by atoms with Gasteiger partial charge in [0.1, 0.15) is 18.0 Å². The summed E-state index contributed by atoms with van der Waals surface area (Å²) < 4.78 is 23.5. The van der Waals surface area contributed by atoms with Gasteiger partial charge in [-0.3, -0.25) is 19.5 Å². The number of nitrogens with one attached hydrogen (secondary N) is 1. The van der Waals surface area contributed by atoms with Gasteiger partial charge in [0.05, 0.1) is 31.9 Å². The van der Waals surface area contributed by atoms with Crippen molar-refractivity contribution >= 4 is 50.8 Å². The summed E-state index contributed by atoms with van der Waals surface area (Å²) in [4.78, 5) is 45.3. The van der Waals surface area contributed by atoms with E-state index in [1.165, 1.54) is 30.6 Å². The molecule has 1 atom stereocenters. The van der Waals surface area contributed by atoms with Crippen LogP contribution in [0, 0.1) is 5.82 Å². The molecule has 0 radical (unpaired) electrons. The van der Waals surface area contributed by atoms with E-state index in [-0.39, 0.29) is 30.7 Å². The second-order valence-electron chi connectivity index (χ2n) is 8.39. The first-order valence-electron chi connectivity index (χ1n) is 11.7. The number of halogens is 2. The molecule has 4 rings (SSSR count). The molecule has 0 amide bonds. The van der Waals surface area contributed by atoms with E-state index in [0.29, 0.717) is 49.8 Å². The summed E-state index contributed by atoms with van der Waals surface area (Å²) >= 11 is 4.58. The number of carboxylic acid groups (broad SMARTS) is 1. The molecule has 2 aliphatic rings. The predicted octanol–water partition coefficient (Wildman–Crippen LogP) is 3.03. The number of morpholine rings is 1. The first-order valence-corrected chi connectivity index (χ1v) is 13.4. The number of aliphatic carboxylic acids is 1. The van der Waals surface area contributed by atoms with E-state index in [4.69, 9.17) is 14.6 Å². The van der Waals surface area contributed by atoms with Crippen molar-refractivity contribution in [3.63, 3.8) is 0 Å². The number of carbonyl (C=O) groups excluding carboxylic acids is 2. The lowest BCUT2D eigenvalue weighted by molar-refractivity contribution is -0.140. The van der Waals surface area contributed by atoms with Crippen LogP contribution in [0.15, 0.2) is 56.6 Å². The van der Waals surface area contributed by atoms with Crippen LogP contribution in [0.4, 0.5) is 4.39 Å². The van der Waals surface area contributed by atoms with Crippen molar-refractivity contribution in [1.82, 2.24) is 15.2 Å². The molecule has 0 unspecified atom stereocenters. The summed E-state index contributed by atoms with van der Waals surface area (Å²) in [6.45, 7) is 2.41. The summed E-state index contributed by atoms with van der Waals surface area (Å²) in [6, 6.07) is 6.26. The molecule has 38 heavy (non-hydrogen) atoms. The number of benzene rings is 1. The van der Waals surface area contributed by atoms with Crippen LogP contribution >= 0.6 is 27.3 Å². The fourth-order valence-electron chi connectivity index (χ4n) is 3.78. The van der Waals surface area contributed by atoms with Gasteiger partial charge in [0, 0.05) is 47.8 Å². The van der Waals surface area contributed by atoms with Crippen molar-refractivity contribution in [3.05, 3.63) is 62.4 Å². The molecule has 1 aromatic carbocycles. The zero-order valence-electron chi connectivity index (χ0n) is 20.7. The molecule has 1 fully saturated rings. The number of Topliss-reactive ketones (excluding diaryl/α,β-unsaturated/α-hetero) is 1. The molecule has 10 nitrogen and oxygen atoms in total. The first kappa shape index (κ1) is 29.6. The summed E-state index contributed by atoms with van der Waals surface area (Å²) in [7, 11) is 1.34. The molecule has 1 aromatic heterocycles. The number of aromatic nitrogens is 1. The molecular formula is C25H28BrFN4O6S. The number of esters is 1. The van der Waals surface area contributed by atoms with Gasteiger partial charge in [0.25, 0.3) is 0 Å². The van der Waals surface area contributed by atoms with Crippen LogP contribution in [0.2, 0.25) is 0 Å². The second kappa shape index (κ2) is 14.8. The number of hydrogen-bond acceptors (Lipinski definition) is 10. The number of aliphatic imine (C=N–C) groups is 1. The first-order chi connectivity index (χ1) is 18.2. The largest absolute Gasteiger partial charge is 0.481 e. The second-order valence-corrected chi connectivity index (χ2v) is 10.2. The zero-order chi connectivity index (χ0) is 27.5. The normalized spacial score (nSPS) is 17.6. The molecule has 0 spiro atoms. The minimum atomic E-state index is -1.12. The fraction of sp³-hybridized carbons (Fsp3) is 0.400. The van der Waals surface area contributed by atoms with E-state index in [2.05, 4.69) is 36.1 Å². The van der Waals surface area contributed by atoms with Gasteiger partial charge in [-0.1, -0.05) is 22.0 Å². The van der Waals surface area contributed by atoms with E-state index in [9.17, 15) is 18.8 Å². The number of carboxylic acids is 1. The average molecular weight is 611 g/mol. The summed E-state index contributed by atoms with van der Waals surface area (Å²) in [5, 5.41) is 14.5. The molecular weight excluding hydrogens is 583 g/mol. The van der Waals surface area contributed by atoms with E-state index < -0.39 is 18.4 Å². The van der Waals surface area contributed by atoms with Crippen LogP contribution in [-0.4, -0.2) is 84.5 Å². The number of hydrogen-bond donors (Lipinski definition) is 2. The number of carbonyl (C=O) groups is 3. The maximum absolute atomic E-state index is 12.2. The summed E-state index contributed by atoms with van der Waals surface area (Å²) in [5.74, 6) is -1.44. The number of amidine groups is 1. The van der Waals surface area contributed by atoms with Crippen LogP contribution in [0.1, 0.15) is 24.3 Å². The Morgan fingerprint density at radius 3 is 2.82 bits per heavy atom. The van der Waals surface area contributed by atoms with Gasteiger partial charge >= 0.3 is 11.9 Å². The number of nitrogens with zero attached hydrogens (tertiary/aromatic N) is 3. The topological polar surface area (TPSA) is 130 Å². The molecule has 0 bridgehead atoms. The average Bonchev–Trinajstić information content (AvgIpc) is 3.42. The third kappa shape index (κ3) is 9.39. The molecule has 0 saturated carbocycles. The van der Waals surface area contributed by atoms with E-state index in [1.807, 2.05) is 5.38 Å². The molecule has 2 aliphatic heterocycles. The highest BCUT2D eigenvalue weighted by molar-refractivity contribution is 9.10. The van der Waals surface area contributed by atoms with Gasteiger partial charge < -0.3 is 19.9 Å². The lowest BCUT2D eigenvalue weighted by atomic mass is 10.1. The molecule has 0 aliphatic carbocycles. The molecule has 204 valence electrons. The van der Waals surface area contributed by atoms with Crippen LogP contribution < -0.4 is 5.32 Å². The van der Waals surface area contributed by atoms with Crippen LogP contribution in [0.5, 0.6) is 0 Å². The Labute approximate surface area is 231 Å². The summed E-state index contributed by atoms with van der Waals surface area (Å²) in [5.41, 5.74) is 1.18. The van der Waals surface area contributed by atoms with Crippen LogP contribution in [0.3, 0.4) is 0 Å². The quantitative estimate of drug-likeness (QED) is 0.325. The number of ketones is 1. The number of ether oxygens (including phenoxy) is 2. The lowest BCUT2D eigenvalue weighted by Crippen LogP contribution is -2.46. The monoisotopic (exact) mass is 610 g/mol. The SMILES string of the molecule is COC(=O)C1=C(CN2CCO[C@H](CCC(=O)CC(=O)O)C2)NC(c2nccs2)=NC1.Fc1cccc(Br)c1. The van der Waals surface area contributed by atoms with Gasteiger partial charge in [0.15, 0.2) is 10.8 Å². The highest BCUT2D eigenvalue weighted by Crippen LogP contribution is 2.18. The Kier molecular flexibility index (Phi) is 11.5. The Morgan fingerprint density at radius 2 is 2.18 bits per heavy atom. The van der Waals surface area contributed by atoms with E-state index in [1.54, 1.807) is 18.3 Å². The maximum Gasteiger partial charge on any atom is 0.337 e. The van der Waals surface area contributed by atoms with Crippen molar-refractivity contribution in [2.75, 3.05) is 39.9 Å². The Morgan fingerprint density at radius 1 is 1.37 bits per heavy atom. The van der Waals surface area contributed by atoms with Gasteiger partial charge in [-0.05, 0) is 24.6 Å². The Balaban J connectivity index is 0.000000427. The van der Waals surface area contributed by atoms with Crippen molar-refractivity contribution in [1.29, 1.82) is 0 Å². The van der Waals surface area contributed by atoms with Crippen molar-refractivity contribution in [2.45, 2.75) is 25.4 Å². The van der Waals surface area contributed by atoms with Crippen molar-refractivity contribution in [2.24, 2.45) is 4.99 Å². The molecule has 1 saturated heterocycles. The number of methoxy groups -OCH3 is 1. The molecule has 2 N–H and O–H groups in total. The Hall–Kier alpha value is -3.00. The lowest BCUT2D eigenvalue weighted by Gasteiger charge is -2.34. The van der Waals surface area contributed by atoms with Gasteiger partial charge in [-0.2, -0.15) is 0 Å². The zero-order valence-corrected chi connectivity index (χ0v) is 23.1.